The molecule has 3 aromatic carbocycles. The van der Waals surface area contributed by atoms with E-state index >= 15 is 0 Å². The maximum Gasteiger partial charge on any atom is 0.325 e. The van der Waals surface area contributed by atoms with Crippen molar-refractivity contribution >= 4 is 40.9 Å². The average molecular weight is 457 g/mol. The van der Waals surface area contributed by atoms with E-state index in [-0.39, 0.29) is 0 Å². The number of anilines is 3. The maximum atomic E-state index is 12.9. The number of amides is 6. The second-order valence-electron chi connectivity index (χ2n) is 7.88. The highest BCUT2D eigenvalue weighted by Gasteiger charge is 2.49. The van der Waals surface area contributed by atoms with Gasteiger partial charge in [-0.15, -0.1) is 0 Å². The van der Waals surface area contributed by atoms with Crippen LogP contribution in [0.25, 0.3) is 0 Å². The molecule has 1 aliphatic heterocycles. The lowest BCUT2D eigenvalue weighted by molar-refractivity contribution is -0.133. The minimum absolute atomic E-state index is 0.400. The number of nitrogens with one attached hydrogen (secondary N) is 4. The summed E-state index contributed by atoms with van der Waals surface area (Å²) < 4.78 is 0. The molecule has 6 amide bonds. The van der Waals surface area contributed by atoms with Crippen molar-refractivity contribution in [3.63, 3.8) is 0 Å². The number of carbonyl (C=O) groups is 4. The maximum absolute atomic E-state index is 12.9. The van der Waals surface area contributed by atoms with Crippen molar-refractivity contribution in [2.45, 2.75) is 12.5 Å². The van der Waals surface area contributed by atoms with E-state index in [1.807, 2.05) is 24.3 Å². The molecular formula is C25H23N5O4. The van der Waals surface area contributed by atoms with Crippen molar-refractivity contribution in [1.29, 1.82) is 0 Å². The third kappa shape index (κ3) is 4.88. The fourth-order valence-electron chi connectivity index (χ4n) is 3.60. The van der Waals surface area contributed by atoms with Crippen molar-refractivity contribution < 1.29 is 19.2 Å². The third-order valence-corrected chi connectivity index (χ3v) is 5.39. The Labute approximate surface area is 196 Å². The lowest BCUT2D eigenvalue weighted by Crippen LogP contribution is -2.42. The molecule has 0 aliphatic carbocycles. The smallest absolute Gasteiger partial charge is 0.325 e. The predicted molar refractivity (Wildman–Crippen MR) is 128 cm³/mol. The summed E-state index contributed by atoms with van der Waals surface area (Å²) in [5.41, 5.74) is 1.05. The molecule has 0 spiro atoms. The summed E-state index contributed by atoms with van der Waals surface area (Å²) in [6.45, 7) is 1.19. The summed E-state index contributed by atoms with van der Waals surface area (Å²) in [4.78, 5) is 50.8. The molecule has 0 bridgehead atoms. The van der Waals surface area contributed by atoms with Crippen molar-refractivity contribution in [3.05, 3.63) is 90.5 Å². The van der Waals surface area contributed by atoms with Gasteiger partial charge in [0.2, 0.25) is 5.91 Å². The zero-order chi connectivity index (χ0) is 24.1. The Hall–Kier alpha value is -4.66. The van der Waals surface area contributed by atoms with E-state index in [2.05, 4.69) is 21.3 Å². The van der Waals surface area contributed by atoms with Crippen LogP contribution in [0.2, 0.25) is 0 Å². The second-order valence-corrected chi connectivity index (χ2v) is 7.88. The Bertz CT molecular complexity index is 1220. The summed E-state index contributed by atoms with van der Waals surface area (Å²) in [5, 5.41) is 10.7. The Morgan fingerprint density at radius 1 is 0.765 bits per heavy atom. The van der Waals surface area contributed by atoms with Gasteiger partial charge < -0.3 is 21.3 Å². The Balaban J connectivity index is 1.33. The van der Waals surface area contributed by atoms with E-state index in [4.69, 9.17) is 0 Å². The number of hydrogen-bond acceptors (Lipinski definition) is 4. The van der Waals surface area contributed by atoms with E-state index in [9.17, 15) is 19.2 Å². The van der Waals surface area contributed by atoms with Crippen LogP contribution in [0.3, 0.4) is 0 Å². The third-order valence-electron chi connectivity index (χ3n) is 5.39. The SMILES string of the molecule is CC1(c2ccccc2)NC(=O)N(CC(=O)Nc2ccc(NC(=O)Nc3ccccc3)cc2)C1=O. The molecule has 9 nitrogen and oxygen atoms in total. The molecule has 0 aromatic heterocycles. The standard InChI is InChI=1S/C25H23N5O4/c1-25(17-8-4-2-5-9-17)22(32)30(24(34)29-25)16-21(31)26-19-12-14-20(15-13-19)28-23(33)27-18-10-6-3-7-11-18/h2-15H,16H2,1H3,(H,26,31)(H,29,34)(H2,27,28,33). The van der Waals surface area contributed by atoms with E-state index in [1.165, 1.54) is 0 Å². The fraction of sp³-hybridized carbons (Fsp3) is 0.120. The molecule has 4 rings (SSSR count). The fourth-order valence-corrected chi connectivity index (χ4v) is 3.60. The highest BCUT2D eigenvalue weighted by molar-refractivity contribution is 6.10. The lowest BCUT2D eigenvalue weighted by Gasteiger charge is -2.22. The van der Waals surface area contributed by atoms with Gasteiger partial charge in [0.15, 0.2) is 0 Å². The predicted octanol–water partition coefficient (Wildman–Crippen LogP) is 3.74. The van der Waals surface area contributed by atoms with Crippen LogP contribution in [0.5, 0.6) is 0 Å². The molecule has 1 unspecified atom stereocenters. The molecule has 9 heteroatoms. The van der Waals surface area contributed by atoms with Crippen LogP contribution >= 0.6 is 0 Å². The minimum Gasteiger partial charge on any atom is -0.325 e. The first-order valence-electron chi connectivity index (χ1n) is 10.6. The van der Waals surface area contributed by atoms with Crippen LogP contribution in [0.15, 0.2) is 84.9 Å². The zero-order valence-corrected chi connectivity index (χ0v) is 18.4. The number of imide groups is 1. The van der Waals surface area contributed by atoms with Crippen molar-refractivity contribution in [2.75, 3.05) is 22.5 Å². The van der Waals surface area contributed by atoms with Crippen molar-refractivity contribution in [1.82, 2.24) is 10.2 Å². The average Bonchev–Trinajstić information content (AvgIpc) is 3.05. The first-order valence-corrected chi connectivity index (χ1v) is 10.6. The van der Waals surface area contributed by atoms with Gasteiger partial charge >= 0.3 is 12.1 Å². The van der Waals surface area contributed by atoms with Crippen LogP contribution in [-0.4, -0.2) is 35.3 Å². The zero-order valence-electron chi connectivity index (χ0n) is 18.4. The summed E-state index contributed by atoms with van der Waals surface area (Å²) >= 11 is 0. The van der Waals surface area contributed by atoms with Crippen LogP contribution in [0.4, 0.5) is 26.7 Å². The molecular weight excluding hydrogens is 434 g/mol. The Morgan fingerprint density at radius 2 is 1.26 bits per heavy atom. The van der Waals surface area contributed by atoms with E-state index < -0.39 is 36.0 Å². The molecule has 0 radical (unpaired) electrons. The second kappa shape index (κ2) is 9.45. The first kappa shape index (κ1) is 22.5. The molecule has 1 atom stereocenters. The number of para-hydroxylation sites is 1. The van der Waals surface area contributed by atoms with Gasteiger partial charge in [-0.2, -0.15) is 0 Å². The monoisotopic (exact) mass is 457 g/mol. The number of benzene rings is 3. The summed E-state index contributed by atoms with van der Waals surface area (Å²) in [6.07, 6.45) is 0. The molecule has 4 N–H and O–H groups in total. The Morgan fingerprint density at radius 3 is 1.85 bits per heavy atom. The molecule has 1 fully saturated rings. The molecule has 34 heavy (non-hydrogen) atoms. The molecule has 1 aliphatic rings. The van der Waals surface area contributed by atoms with Crippen LogP contribution in [-0.2, 0) is 15.1 Å². The Kier molecular flexibility index (Phi) is 6.26. The van der Waals surface area contributed by atoms with Gasteiger partial charge in [0.05, 0.1) is 0 Å². The van der Waals surface area contributed by atoms with Crippen LogP contribution < -0.4 is 21.3 Å². The van der Waals surface area contributed by atoms with Gasteiger partial charge in [-0.05, 0) is 48.9 Å². The lowest BCUT2D eigenvalue weighted by atomic mass is 9.92. The minimum atomic E-state index is -1.23. The molecule has 172 valence electrons. The quantitative estimate of drug-likeness (QED) is 0.422. The number of hydrogen-bond donors (Lipinski definition) is 4. The van der Waals surface area contributed by atoms with Gasteiger partial charge in [0.1, 0.15) is 12.1 Å². The molecule has 0 saturated carbocycles. The summed E-state index contributed by atoms with van der Waals surface area (Å²) in [6, 6.07) is 23.3. The van der Waals surface area contributed by atoms with E-state index in [0.717, 1.165) is 4.90 Å². The molecule has 1 heterocycles. The van der Waals surface area contributed by atoms with Gasteiger partial charge in [-0.25, -0.2) is 9.59 Å². The molecule has 1 saturated heterocycles. The molecule has 3 aromatic rings. The van der Waals surface area contributed by atoms with E-state index in [0.29, 0.717) is 22.6 Å². The number of rotatable bonds is 6. The first-order chi connectivity index (χ1) is 16.3. The van der Waals surface area contributed by atoms with Crippen molar-refractivity contribution in [3.8, 4) is 0 Å². The summed E-state index contributed by atoms with van der Waals surface area (Å²) in [7, 11) is 0. The number of carbonyl (C=O) groups excluding carboxylic acids is 4. The van der Waals surface area contributed by atoms with Crippen LogP contribution in [0, 0.1) is 0 Å². The highest BCUT2D eigenvalue weighted by Crippen LogP contribution is 2.28. The van der Waals surface area contributed by atoms with Gasteiger partial charge in [-0.3, -0.25) is 14.5 Å². The topological polar surface area (TPSA) is 120 Å². The van der Waals surface area contributed by atoms with Gasteiger partial charge in [-0.1, -0.05) is 48.5 Å². The van der Waals surface area contributed by atoms with Crippen molar-refractivity contribution in [2.24, 2.45) is 0 Å². The number of urea groups is 2. The van der Waals surface area contributed by atoms with Crippen LogP contribution in [0.1, 0.15) is 12.5 Å². The normalized spacial score (nSPS) is 17.1. The van der Waals surface area contributed by atoms with Gasteiger partial charge in [0, 0.05) is 17.1 Å². The van der Waals surface area contributed by atoms with E-state index in [1.54, 1.807) is 67.6 Å². The summed E-state index contributed by atoms with van der Waals surface area (Å²) in [5.74, 6) is -1.02. The van der Waals surface area contributed by atoms with Gasteiger partial charge in [0.25, 0.3) is 5.91 Å². The largest absolute Gasteiger partial charge is 0.325 e. The highest BCUT2D eigenvalue weighted by atomic mass is 16.2. The number of nitrogens with zero attached hydrogens (tertiary/aromatic N) is 1.